The molecule has 5 nitrogen and oxygen atoms in total. The van der Waals surface area contributed by atoms with E-state index in [0.717, 1.165) is 15.6 Å². The van der Waals surface area contributed by atoms with Crippen molar-refractivity contribution in [3.63, 3.8) is 0 Å². The molecule has 0 aliphatic rings. The number of furan rings is 1. The number of rotatable bonds is 4. The largest absolute Gasteiger partial charge is 0.457 e. The number of halogens is 1. The van der Waals surface area contributed by atoms with E-state index in [1.165, 1.54) is 0 Å². The van der Waals surface area contributed by atoms with Crippen molar-refractivity contribution >= 4 is 55.8 Å². The molecule has 0 aliphatic carbocycles. The molecule has 1 amide bonds. The molecular weight excluding hydrogens is 452 g/mol. The Bertz CT molecular complexity index is 1190. The summed E-state index contributed by atoms with van der Waals surface area (Å²) in [6, 6.07) is 24.0. The summed E-state index contributed by atoms with van der Waals surface area (Å²) in [5.41, 5.74) is 1.32. The van der Waals surface area contributed by atoms with Gasteiger partial charge in [0.25, 0.3) is 5.91 Å². The van der Waals surface area contributed by atoms with Crippen LogP contribution in [0, 0.1) is 0 Å². The molecule has 144 valence electrons. The number of amides is 1. The first-order chi connectivity index (χ1) is 14.1. The van der Waals surface area contributed by atoms with Crippen molar-refractivity contribution in [1.29, 1.82) is 0 Å². The fourth-order valence-corrected chi connectivity index (χ4v) is 3.30. The summed E-state index contributed by atoms with van der Waals surface area (Å²) in [5, 5.41) is 6.60. The average molecular weight is 467 g/mol. The SMILES string of the molecule is O=C(NC(=S)Nc1cccc(Oc2ccccc2)c1)c1cc2cc(Br)ccc2o1. The Morgan fingerprint density at radius 3 is 2.55 bits per heavy atom. The predicted octanol–water partition coefficient (Wildman–Crippen LogP) is 6.11. The van der Waals surface area contributed by atoms with Gasteiger partial charge in [-0.1, -0.05) is 40.2 Å². The van der Waals surface area contributed by atoms with Gasteiger partial charge in [0, 0.05) is 21.6 Å². The molecule has 1 heterocycles. The van der Waals surface area contributed by atoms with E-state index in [9.17, 15) is 4.79 Å². The first-order valence-corrected chi connectivity index (χ1v) is 9.91. The quantitative estimate of drug-likeness (QED) is 0.355. The van der Waals surface area contributed by atoms with Crippen LogP contribution in [0.3, 0.4) is 0 Å². The highest BCUT2D eigenvalue weighted by molar-refractivity contribution is 9.10. The number of carbonyl (C=O) groups excluding carboxylic acids is 1. The first kappa shape index (κ1) is 19.2. The van der Waals surface area contributed by atoms with Crippen molar-refractivity contribution in [2.24, 2.45) is 0 Å². The van der Waals surface area contributed by atoms with Gasteiger partial charge in [0.1, 0.15) is 17.1 Å². The van der Waals surface area contributed by atoms with Crippen molar-refractivity contribution in [3.8, 4) is 11.5 Å². The van der Waals surface area contributed by atoms with Crippen LogP contribution < -0.4 is 15.4 Å². The molecule has 7 heteroatoms. The normalized spacial score (nSPS) is 10.5. The van der Waals surface area contributed by atoms with E-state index in [-0.39, 0.29) is 10.9 Å². The Balaban J connectivity index is 1.41. The summed E-state index contributed by atoms with van der Waals surface area (Å²) in [5.74, 6) is 1.14. The number of thiocarbonyl (C=S) groups is 1. The number of hydrogen-bond acceptors (Lipinski definition) is 4. The maximum atomic E-state index is 12.4. The van der Waals surface area contributed by atoms with Gasteiger partial charge in [-0.25, -0.2) is 0 Å². The number of fused-ring (bicyclic) bond motifs is 1. The van der Waals surface area contributed by atoms with Gasteiger partial charge in [-0.2, -0.15) is 0 Å². The molecule has 4 rings (SSSR count). The van der Waals surface area contributed by atoms with E-state index in [4.69, 9.17) is 21.4 Å². The van der Waals surface area contributed by atoms with Crippen LogP contribution in [0.2, 0.25) is 0 Å². The third kappa shape index (κ3) is 4.82. The highest BCUT2D eigenvalue weighted by atomic mass is 79.9. The van der Waals surface area contributed by atoms with Gasteiger partial charge in [-0.05, 0) is 60.7 Å². The Hall–Kier alpha value is -3.16. The van der Waals surface area contributed by atoms with Crippen LogP contribution in [0.1, 0.15) is 10.6 Å². The Morgan fingerprint density at radius 2 is 1.72 bits per heavy atom. The molecule has 29 heavy (non-hydrogen) atoms. The summed E-state index contributed by atoms with van der Waals surface area (Å²) >= 11 is 8.65. The predicted molar refractivity (Wildman–Crippen MR) is 121 cm³/mol. The first-order valence-electron chi connectivity index (χ1n) is 8.71. The molecule has 0 saturated carbocycles. The molecule has 3 aromatic carbocycles. The zero-order chi connectivity index (χ0) is 20.2. The second kappa shape index (κ2) is 8.46. The minimum Gasteiger partial charge on any atom is -0.457 e. The third-order valence-corrected chi connectivity index (χ3v) is 4.70. The second-order valence-electron chi connectivity index (χ2n) is 6.14. The van der Waals surface area contributed by atoms with E-state index in [1.54, 1.807) is 18.2 Å². The van der Waals surface area contributed by atoms with E-state index >= 15 is 0 Å². The summed E-state index contributed by atoms with van der Waals surface area (Å²) in [6.45, 7) is 0. The van der Waals surface area contributed by atoms with E-state index < -0.39 is 5.91 Å². The molecule has 0 bridgehead atoms. The van der Waals surface area contributed by atoms with Gasteiger partial charge in [-0.3, -0.25) is 10.1 Å². The molecule has 0 atom stereocenters. The molecule has 0 radical (unpaired) electrons. The Kier molecular flexibility index (Phi) is 5.59. The van der Waals surface area contributed by atoms with Crippen molar-refractivity contribution in [2.75, 3.05) is 5.32 Å². The van der Waals surface area contributed by atoms with E-state index in [0.29, 0.717) is 17.0 Å². The summed E-state index contributed by atoms with van der Waals surface area (Å²) in [4.78, 5) is 12.4. The molecule has 1 aromatic heterocycles. The summed E-state index contributed by atoms with van der Waals surface area (Å²) < 4.78 is 12.3. The van der Waals surface area contributed by atoms with Gasteiger partial charge in [0.2, 0.25) is 0 Å². The fraction of sp³-hybridized carbons (Fsp3) is 0. The highest BCUT2D eigenvalue weighted by Crippen LogP contribution is 2.25. The van der Waals surface area contributed by atoms with Crippen LogP contribution in [-0.4, -0.2) is 11.0 Å². The van der Waals surface area contributed by atoms with Crippen molar-refractivity contribution in [1.82, 2.24) is 5.32 Å². The standard InChI is InChI=1S/C22H15BrN2O3S/c23-15-9-10-19-14(11-15)12-20(28-19)21(26)25-22(29)24-16-5-4-8-18(13-16)27-17-6-2-1-3-7-17/h1-13H,(H2,24,25,26,29). The number of ether oxygens (including phenoxy) is 1. The smallest absolute Gasteiger partial charge is 0.293 e. The Labute approximate surface area is 180 Å². The van der Waals surface area contributed by atoms with Crippen LogP contribution in [0.15, 0.2) is 87.8 Å². The lowest BCUT2D eigenvalue weighted by Gasteiger charge is -2.10. The van der Waals surface area contributed by atoms with Crippen LogP contribution in [0.5, 0.6) is 11.5 Å². The minimum atomic E-state index is -0.425. The number of nitrogens with one attached hydrogen (secondary N) is 2. The highest BCUT2D eigenvalue weighted by Gasteiger charge is 2.14. The third-order valence-electron chi connectivity index (χ3n) is 4.00. The van der Waals surface area contributed by atoms with Gasteiger partial charge in [0.15, 0.2) is 10.9 Å². The molecular formula is C22H15BrN2O3S. The fourth-order valence-electron chi connectivity index (χ4n) is 2.72. The molecule has 4 aromatic rings. The second-order valence-corrected chi connectivity index (χ2v) is 7.47. The lowest BCUT2D eigenvalue weighted by molar-refractivity contribution is 0.0953. The van der Waals surface area contributed by atoms with Gasteiger partial charge in [-0.15, -0.1) is 0 Å². The number of para-hydroxylation sites is 1. The summed E-state index contributed by atoms with van der Waals surface area (Å²) in [6.07, 6.45) is 0. The van der Waals surface area contributed by atoms with E-state index in [2.05, 4.69) is 26.6 Å². The molecule has 0 saturated heterocycles. The molecule has 2 N–H and O–H groups in total. The zero-order valence-corrected chi connectivity index (χ0v) is 17.4. The number of carbonyl (C=O) groups is 1. The maximum absolute atomic E-state index is 12.4. The maximum Gasteiger partial charge on any atom is 0.293 e. The molecule has 0 fully saturated rings. The van der Waals surface area contributed by atoms with Crippen molar-refractivity contribution in [2.45, 2.75) is 0 Å². The molecule has 0 unspecified atom stereocenters. The minimum absolute atomic E-state index is 0.161. The number of hydrogen-bond donors (Lipinski definition) is 2. The van der Waals surface area contributed by atoms with E-state index in [1.807, 2.05) is 60.7 Å². The van der Waals surface area contributed by atoms with Crippen LogP contribution in [-0.2, 0) is 0 Å². The van der Waals surface area contributed by atoms with Gasteiger partial charge in [0.05, 0.1) is 0 Å². The lowest BCUT2D eigenvalue weighted by Crippen LogP contribution is -2.33. The average Bonchev–Trinajstić information content (AvgIpc) is 3.12. The topological polar surface area (TPSA) is 63.5 Å². The van der Waals surface area contributed by atoms with Crippen LogP contribution >= 0.6 is 28.1 Å². The van der Waals surface area contributed by atoms with Crippen molar-refractivity contribution in [3.05, 3.63) is 89.1 Å². The van der Waals surface area contributed by atoms with Gasteiger partial charge >= 0.3 is 0 Å². The number of benzene rings is 3. The summed E-state index contributed by atoms with van der Waals surface area (Å²) in [7, 11) is 0. The zero-order valence-electron chi connectivity index (χ0n) is 15.0. The van der Waals surface area contributed by atoms with Crippen LogP contribution in [0.4, 0.5) is 5.69 Å². The van der Waals surface area contributed by atoms with Crippen molar-refractivity contribution < 1.29 is 13.9 Å². The molecule has 0 spiro atoms. The molecule has 0 aliphatic heterocycles. The lowest BCUT2D eigenvalue weighted by atomic mass is 10.2. The van der Waals surface area contributed by atoms with Crippen LogP contribution in [0.25, 0.3) is 11.0 Å². The monoisotopic (exact) mass is 466 g/mol. The van der Waals surface area contributed by atoms with Gasteiger partial charge < -0.3 is 14.5 Å². The Morgan fingerprint density at radius 1 is 0.931 bits per heavy atom. The number of anilines is 1.